The van der Waals surface area contributed by atoms with Gasteiger partial charge in [0.2, 0.25) is 5.91 Å². The van der Waals surface area contributed by atoms with E-state index in [1.807, 2.05) is 17.1 Å². The zero-order valence-corrected chi connectivity index (χ0v) is 20.2. The number of nitrogens with two attached hydrogens (primary N) is 1. The Morgan fingerprint density at radius 1 is 1.20 bits per heavy atom. The molecule has 9 heteroatoms. The van der Waals surface area contributed by atoms with E-state index in [-0.39, 0.29) is 23.2 Å². The van der Waals surface area contributed by atoms with Crippen LogP contribution in [-0.4, -0.2) is 50.0 Å². The second-order valence-corrected chi connectivity index (χ2v) is 9.89. The monoisotopic (exact) mass is 478 g/mol. The summed E-state index contributed by atoms with van der Waals surface area (Å²) in [5, 5.41) is 12.0. The van der Waals surface area contributed by atoms with Crippen LogP contribution in [0.3, 0.4) is 0 Å². The molecule has 1 amide bonds. The zero-order valence-electron chi connectivity index (χ0n) is 20.2. The number of fused-ring (bicyclic) bond motifs is 1. The number of amides is 1. The number of hydrogen-bond donors (Lipinski definition) is 2. The quantitative estimate of drug-likeness (QED) is 0.613. The number of ether oxygens (including phenoxy) is 1. The normalized spacial score (nSPS) is 21.5. The molecule has 1 saturated carbocycles. The largest absolute Gasteiger partial charge is 0.495 e. The predicted octanol–water partition coefficient (Wildman–Crippen LogP) is 3.54. The lowest BCUT2D eigenvalue weighted by Gasteiger charge is -2.32. The van der Waals surface area contributed by atoms with Crippen molar-refractivity contribution in [2.45, 2.75) is 70.4 Å². The number of rotatable bonds is 6. The fraction of sp³-hybridized carbons (Fsp3) is 0.538. The molecule has 0 bridgehead atoms. The van der Waals surface area contributed by atoms with Crippen LogP contribution in [-0.2, 0) is 16.1 Å². The summed E-state index contributed by atoms with van der Waals surface area (Å²) in [5.41, 5.74) is 8.10. The molecule has 2 aromatic heterocycles. The lowest BCUT2D eigenvalue weighted by molar-refractivity contribution is -0.127. The lowest BCUT2D eigenvalue weighted by atomic mass is 9.96. The molecular formula is C26H34N6O3. The molecule has 2 aliphatic carbocycles. The maximum Gasteiger partial charge on any atom is 0.290 e. The van der Waals surface area contributed by atoms with Gasteiger partial charge in [-0.3, -0.25) is 14.3 Å². The second-order valence-electron chi connectivity index (χ2n) is 9.89. The van der Waals surface area contributed by atoms with Crippen molar-refractivity contribution in [3.63, 3.8) is 0 Å². The van der Waals surface area contributed by atoms with Crippen molar-refractivity contribution in [1.82, 2.24) is 24.9 Å². The highest BCUT2D eigenvalue weighted by Gasteiger charge is 2.27. The molecule has 35 heavy (non-hydrogen) atoms. The second kappa shape index (κ2) is 10.1. The van der Waals surface area contributed by atoms with Crippen molar-refractivity contribution in [2.24, 2.45) is 5.92 Å². The van der Waals surface area contributed by atoms with Crippen LogP contribution >= 0.6 is 0 Å². The number of likely N-dealkylation sites (tertiary alicyclic amines) is 1. The number of piperidine rings is 1. The van der Waals surface area contributed by atoms with E-state index in [0.29, 0.717) is 35.8 Å². The summed E-state index contributed by atoms with van der Waals surface area (Å²) in [5.74, 6) is 1.41. The Labute approximate surface area is 204 Å². The van der Waals surface area contributed by atoms with Crippen molar-refractivity contribution < 1.29 is 9.53 Å². The van der Waals surface area contributed by atoms with Gasteiger partial charge in [-0.2, -0.15) is 10.2 Å². The number of aromatic nitrogens is 4. The smallest absolute Gasteiger partial charge is 0.290 e. The maximum atomic E-state index is 12.8. The predicted molar refractivity (Wildman–Crippen MR) is 135 cm³/mol. The summed E-state index contributed by atoms with van der Waals surface area (Å²) in [4.78, 5) is 26.8. The van der Waals surface area contributed by atoms with Gasteiger partial charge in [-0.05, 0) is 68.6 Å². The molecule has 0 unspecified atom stereocenters. The van der Waals surface area contributed by atoms with Gasteiger partial charge < -0.3 is 15.4 Å². The molecule has 0 radical (unpaired) electrons. The lowest BCUT2D eigenvalue weighted by Crippen LogP contribution is -2.40. The number of carbonyl (C=O) groups excluding carboxylic acids is 1. The van der Waals surface area contributed by atoms with Crippen LogP contribution < -0.4 is 11.3 Å². The van der Waals surface area contributed by atoms with E-state index in [4.69, 9.17) is 15.6 Å². The molecule has 2 fully saturated rings. The maximum absolute atomic E-state index is 12.8. The molecule has 1 atom stereocenters. The number of carbonyl (C=O) groups is 1. The van der Waals surface area contributed by atoms with E-state index < -0.39 is 0 Å². The summed E-state index contributed by atoms with van der Waals surface area (Å²) in [7, 11) is 0. The number of allylic oxidation sites excluding steroid dienone is 4. The topological polar surface area (TPSA) is 119 Å². The summed E-state index contributed by atoms with van der Waals surface area (Å²) in [6.07, 6.45) is 15.2. The molecule has 9 nitrogen and oxygen atoms in total. The summed E-state index contributed by atoms with van der Waals surface area (Å²) in [6, 6.07) is 0. The van der Waals surface area contributed by atoms with Crippen LogP contribution in [0.5, 0.6) is 0 Å². The standard InChI is InChI=1S/C26H34N6O3/c1-2-21(33)31-14-6-7-17(15-31)16-32-24-22(25(27)28-29-26(24)34)23(30-32)18-10-12-20(13-11-18)35-19-8-4-3-5-9-19/h2,10,12,17,19H,1,3-9,11,13-16H2,(H2,27,28)(H,29,34)/t17-/m1/s1. The number of anilines is 1. The molecule has 0 spiro atoms. The SMILES string of the molecule is C=CC(=O)N1CCC[C@@H](Cn2nc(C3=CC=C(OC4CCCCC4)CC3)c3c(N)n[nH]c(=O)c32)C1. The highest BCUT2D eigenvalue weighted by molar-refractivity contribution is 5.97. The van der Waals surface area contributed by atoms with Gasteiger partial charge in [0.1, 0.15) is 11.2 Å². The highest BCUT2D eigenvalue weighted by Crippen LogP contribution is 2.34. The van der Waals surface area contributed by atoms with Crippen LogP contribution in [0.15, 0.2) is 35.4 Å². The Morgan fingerprint density at radius 3 is 2.77 bits per heavy atom. The number of aromatic amines is 1. The minimum Gasteiger partial charge on any atom is -0.495 e. The number of nitrogens with zero attached hydrogens (tertiary/aromatic N) is 4. The minimum atomic E-state index is -0.309. The number of H-pyrrole nitrogens is 1. The molecular weight excluding hydrogens is 444 g/mol. The van der Waals surface area contributed by atoms with Gasteiger partial charge in [-0.15, -0.1) is 0 Å². The molecule has 0 aromatic carbocycles. The molecule has 1 aliphatic heterocycles. The Hall–Kier alpha value is -3.36. The summed E-state index contributed by atoms with van der Waals surface area (Å²) in [6.45, 7) is 5.48. The van der Waals surface area contributed by atoms with Crippen LogP contribution in [0.2, 0.25) is 0 Å². The molecule has 186 valence electrons. The Morgan fingerprint density at radius 2 is 2.03 bits per heavy atom. The van der Waals surface area contributed by atoms with Crippen molar-refractivity contribution in [3.8, 4) is 0 Å². The van der Waals surface area contributed by atoms with Crippen LogP contribution in [0, 0.1) is 5.92 Å². The van der Waals surface area contributed by atoms with E-state index in [1.165, 1.54) is 25.3 Å². The van der Waals surface area contributed by atoms with Crippen LogP contribution in [0.4, 0.5) is 5.82 Å². The van der Waals surface area contributed by atoms with Crippen molar-refractivity contribution in [3.05, 3.63) is 46.6 Å². The summed E-state index contributed by atoms with van der Waals surface area (Å²) < 4.78 is 8.01. The van der Waals surface area contributed by atoms with E-state index in [9.17, 15) is 9.59 Å². The van der Waals surface area contributed by atoms with Gasteiger partial charge in [-0.25, -0.2) is 5.10 Å². The fourth-order valence-corrected chi connectivity index (χ4v) is 5.61. The Balaban J connectivity index is 1.43. The first-order valence-electron chi connectivity index (χ1n) is 12.8. The molecule has 1 saturated heterocycles. The first kappa shape index (κ1) is 23.4. The van der Waals surface area contributed by atoms with Crippen molar-refractivity contribution >= 4 is 28.2 Å². The average molecular weight is 479 g/mol. The van der Waals surface area contributed by atoms with Crippen molar-refractivity contribution in [2.75, 3.05) is 18.8 Å². The minimum absolute atomic E-state index is 0.0580. The van der Waals surface area contributed by atoms with Gasteiger partial charge in [0.25, 0.3) is 5.56 Å². The number of hydrogen-bond acceptors (Lipinski definition) is 6. The highest BCUT2D eigenvalue weighted by atomic mass is 16.5. The van der Waals surface area contributed by atoms with E-state index in [0.717, 1.165) is 56.4 Å². The van der Waals surface area contributed by atoms with E-state index in [1.54, 1.807) is 4.68 Å². The first-order valence-corrected chi connectivity index (χ1v) is 12.8. The third kappa shape index (κ3) is 4.90. The van der Waals surface area contributed by atoms with Crippen LogP contribution in [0.1, 0.15) is 63.5 Å². The number of nitrogens with one attached hydrogen (secondary N) is 1. The van der Waals surface area contributed by atoms with E-state index in [2.05, 4.69) is 16.8 Å². The summed E-state index contributed by atoms with van der Waals surface area (Å²) >= 11 is 0. The van der Waals surface area contributed by atoms with Gasteiger partial charge in [0.05, 0.1) is 17.2 Å². The van der Waals surface area contributed by atoms with Gasteiger partial charge in [0, 0.05) is 26.1 Å². The third-order valence-corrected chi connectivity index (χ3v) is 7.42. The molecule has 3 aliphatic rings. The first-order chi connectivity index (χ1) is 17.0. The van der Waals surface area contributed by atoms with Crippen LogP contribution in [0.25, 0.3) is 16.5 Å². The molecule has 3 N–H and O–H groups in total. The number of nitrogen functional groups attached to an aromatic ring is 1. The molecule has 3 heterocycles. The zero-order chi connectivity index (χ0) is 24.4. The Kier molecular flexibility index (Phi) is 6.74. The van der Waals surface area contributed by atoms with Gasteiger partial charge >= 0.3 is 0 Å². The Bertz CT molecular complexity index is 1230. The fourth-order valence-electron chi connectivity index (χ4n) is 5.61. The molecule has 5 rings (SSSR count). The van der Waals surface area contributed by atoms with Crippen molar-refractivity contribution in [1.29, 1.82) is 0 Å². The molecule has 2 aromatic rings. The van der Waals surface area contributed by atoms with Gasteiger partial charge in [0.15, 0.2) is 5.82 Å². The van der Waals surface area contributed by atoms with Gasteiger partial charge in [-0.1, -0.05) is 19.1 Å². The average Bonchev–Trinajstić information content (AvgIpc) is 3.27. The van der Waals surface area contributed by atoms with E-state index >= 15 is 0 Å². The third-order valence-electron chi connectivity index (χ3n) is 7.42.